The van der Waals surface area contributed by atoms with Gasteiger partial charge in [0.25, 0.3) is 0 Å². The molecule has 1 rings (SSSR count). The van der Waals surface area contributed by atoms with Crippen molar-refractivity contribution in [1.82, 2.24) is 0 Å². The van der Waals surface area contributed by atoms with Gasteiger partial charge in [-0.25, -0.2) is 0 Å². The normalized spacial score (nSPS) is 14.5. The summed E-state index contributed by atoms with van der Waals surface area (Å²) in [6, 6.07) is -0.972. The average Bonchev–Trinajstić information content (AvgIpc) is 2.30. The number of hydrogen-bond acceptors (Lipinski definition) is 2. The Bertz CT molecular complexity index is 284. The summed E-state index contributed by atoms with van der Waals surface area (Å²) in [5, 5.41) is 3.34. The molecule has 13 heavy (non-hydrogen) atoms. The van der Waals surface area contributed by atoms with Crippen molar-refractivity contribution < 1.29 is 13.2 Å². The van der Waals surface area contributed by atoms with E-state index in [9.17, 15) is 13.2 Å². The molecule has 0 aliphatic heterocycles. The molecule has 1 atom stereocenters. The summed E-state index contributed by atoms with van der Waals surface area (Å²) >= 11 is 4.46. The van der Waals surface area contributed by atoms with Gasteiger partial charge in [0.1, 0.15) is 0 Å². The van der Waals surface area contributed by atoms with E-state index in [2.05, 4.69) is 15.9 Å². The zero-order valence-electron chi connectivity index (χ0n) is 6.44. The fourth-order valence-corrected chi connectivity index (χ4v) is 2.57. The van der Waals surface area contributed by atoms with Gasteiger partial charge in [-0.15, -0.1) is 0 Å². The smallest absolute Gasteiger partial charge is 0.324 e. The third-order valence-corrected chi connectivity index (χ3v) is 3.24. The lowest BCUT2D eigenvalue weighted by Gasteiger charge is -2.13. The van der Waals surface area contributed by atoms with Gasteiger partial charge >= 0.3 is 6.18 Å². The van der Waals surface area contributed by atoms with E-state index in [0.29, 0.717) is 10.0 Å². The first-order chi connectivity index (χ1) is 5.90. The fourth-order valence-electron chi connectivity index (χ4n) is 0.915. The molecule has 6 heteroatoms. The lowest BCUT2D eigenvalue weighted by molar-refractivity contribution is -0.138. The van der Waals surface area contributed by atoms with E-state index in [0.717, 1.165) is 0 Å². The number of hydrogen-bond donors (Lipinski definition) is 1. The maximum atomic E-state index is 11.9. The van der Waals surface area contributed by atoms with Gasteiger partial charge < -0.3 is 5.73 Å². The van der Waals surface area contributed by atoms with Crippen LogP contribution >= 0.6 is 27.3 Å². The highest BCUT2D eigenvalue weighted by atomic mass is 79.9. The van der Waals surface area contributed by atoms with Crippen molar-refractivity contribution in [2.45, 2.75) is 18.6 Å². The fraction of sp³-hybridized carbons (Fsp3) is 0.429. The van der Waals surface area contributed by atoms with Gasteiger partial charge in [-0.3, -0.25) is 0 Å². The van der Waals surface area contributed by atoms with E-state index in [1.807, 2.05) is 0 Å². The molecule has 0 spiro atoms. The van der Waals surface area contributed by atoms with Gasteiger partial charge in [-0.05, 0) is 26.9 Å². The third kappa shape index (κ3) is 3.28. The molecule has 0 radical (unpaired) electrons. The second-order valence-electron chi connectivity index (χ2n) is 2.60. The van der Waals surface area contributed by atoms with Crippen LogP contribution in [0.1, 0.15) is 18.0 Å². The predicted octanol–water partition coefficient (Wildman–Crippen LogP) is 3.46. The number of alkyl halides is 3. The quantitative estimate of drug-likeness (QED) is 0.878. The van der Waals surface area contributed by atoms with Crippen LogP contribution in [0, 0.1) is 0 Å². The van der Waals surface area contributed by atoms with E-state index in [4.69, 9.17) is 5.73 Å². The summed E-state index contributed by atoms with van der Waals surface area (Å²) in [7, 11) is 0. The molecule has 2 N–H and O–H groups in total. The molecule has 0 aliphatic rings. The monoisotopic (exact) mass is 273 g/mol. The van der Waals surface area contributed by atoms with Crippen LogP contribution in [0.25, 0.3) is 0 Å². The Morgan fingerprint density at radius 1 is 1.46 bits per heavy atom. The summed E-state index contributed by atoms with van der Waals surface area (Å²) in [4.78, 5) is 0. The zero-order valence-corrected chi connectivity index (χ0v) is 8.84. The summed E-state index contributed by atoms with van der Waals surface area (Å²) in [5.74, 6) is 0. The molecule has 1 heterocycles. The van der Waals surface area contributed by atoms with Crippen molar-refractivity contribution in [1.29, 1.82) is 0 Å². The highest BCUT2D eigenvalue weighted by Gasteiger charge is 2.31. The van der Waals surface area contributed by atoms with E-state index >= 15 is 0 Å². The van der Waals surface area contributed by atoms with E-state index in [1.165, 1.54) is 11.3 Å². The van der Waals surface area contributed by atoms with Crippen molar-refractivity contribution in [3.63, 3.8) is 0 Å². The second kappa shape index (κ2) is 3.98. The minimum Gasteiger partial charge on any atom is -0.324 e. The lowest BCUT2D eigenvalue weighted by Crippen LogP contribution is -2.19. The van der Waals surface area contributed by atoms with E-state index in [1.54, 1.807) is 10.8 Å². The average molecular weight is 274 g/mol. The molecule has 74 valence electrons. The molecule has 0 saturated heterocycles. The van der Waals surface area contributed by atoms with Crippen molar-refractivity contribution in [2.24, 2.45) is 5.73 Å². The Balaban J connectivity index is 2.69. The molecule has 0 fully saturated rings. The minimum absolute atomic E-state index is 0.516. The molecule has 1 aromatic rings. The SMILES string of the molecule is NC(CC(F)(F)F)c1cscc1Br. The molecule has 0 bridgehead atoms. The van der Waals surface area contributed by atoms with Gasteiger partial charge in [-0.1, -0.05) is 0 Å². The third-order valence-electron chi connectivity index (χ3n) is 1.49. The molecular weight excluding hydrogens is 267 g/mol. The Morgan fingerprint density at radius 2 is 2.08 bits per heavy atom. The molecule has 1 unspecified atom stereocenters. The topological polar surface area (TPSA) is 26.0 Å². The standard InChI is InChI=1S/C7H7BrF3NS/c8-5-3-13-2-4(5)6(12)1-7(9,10)11/h2-3,6H,1,12H2. The highest BCUT2D eigenvalue weighted by Crippen LogP contribution is 2.33. The first-order valence-electron chi connectivity index (χ1n) is 3.44. The second-order valence-corrected chi connectivity index (χ2v) is 4.20. The molecule has 0 saturated carbocycles. The molecule has 0 amide bonds. The van der Waals surface area contributed by atoms with Crippen molar-refractivity contribution in [3.05, 3.63) is 20.8 Å². The summed E-state index contributed by atoms with van der Waals surface area (Å²) in [6.07, 6.45) is -5.19. The number of thiophene rings is 1. The van der Waals surface area contributed by atoms with Crippen molar-refractivity contribution in [2.75, 3.05) is 0 Å². The number of nitrogens with two attached hydrogens (primary N) is 1. The summed E-state index contributed by atoms with van der Waals surface area (Å²) in [6.45, 7) is 0. The van der Waals surface area contributed by atoms with Crippen LogP contribution in [-0.2, 0) is 0 Å². The lowest BCUT2D eigenvalue weighted by atomic mass is 10.1. The molecular formula is C7H7BrF3NS. The van der Waals surface area contributed by atoms with Crippen LogP contribution in [0.2, 0.25) is 0 Å². The Morgan fingerprint density at radius 3 is 2.46 bits per heavy atom. The van der Waals surface area contributed by atoms with Gasteiger partial charge in [0.2, 0.25) is 0 Å². The van der Waals surface area contributed by atoms with Crippen molar-refractivity contribution in [3.8, 4) is 0 Å². The largest absolute Gasteiger partial charge is 0.390 e. The maximum Gasteiger partial charge on any atom is 0.390 e. The van der Waals surface area contributed by atoms with Crippen LogP contribution < -0.4 is 5.73 Å². The predicted molar refractivity (Wildman–Crippen MR) is 49.6 cm³/mol. The van der Waals surface area contributed by atoms with E-state index < -0.39 is 18.6 Å². The Kier molecular flexibility index (Phi) is 3.37. The van der Waals surface area contributed by atoms with Gasteiger partial charge in [-0.2, -0.15) is 24.5 Å². The minimum atomic E-state index is -4.21. The zero-order chi connectivity index (χ0) is 10.1. The first kappa shape index (κ1) is 11.0. The molecule has 0 aromatic carbocycles. The van der Waals surface area contributed by atoms with Crippen LogP contribution in [-0.4, -0.2) is 6.18 Å². The number of rotatable bonds is 2. The molecule has 1 aromatic heterocycles. The highest BCUT2D eigenvalue weighted by molar-refractivity contribution is 9.10. The number of halogens is 4. The van der Waals surface area contributed by atoms with Crippen LogP contribution in [0.4, 0.5) is 13.2 Å². The van der Waals surface area contributed by atoms with Crippen LogP contribution in [0.15, 0.2) is 15.2 Å². The Hall–Kier alpha value is -0.0700. The van der Waals surface area contributed by atoms with Crippen LogP contribution in [0.3, 0.4) is 0 Å². The molecule has 1 nitrogen and oxygen atoms in total. The molecule has 0 aliphatic carbocycles. The van der Waals surface area contributed by atoms with Gasteiger partial charge in [0.15, 0.2) is 0 Å². The summed E-state index contributed by atoms with van der Waals surface area (Å²) in [5.41, 5.74) is 5.90. The van der Waals surface area contributed by atoms with Gasteiger partial charge in [0, 0.05) is 15.9 Å². The first-order valence-corrected chi connectivity index (χ1v) is 5.17. The van der Waals surface area contributed by atoms with Crippen molar-refractivity contribution >= 4 is 27.3 Å². The van der Waals surface area contributed by atoms with Crippen LogP contribution in [0.5, 0.6) is 0 Å². The van der Waals surface area contributed by atoms with Gasteiger partial charge in [0.05, 0.1) is 6.42 Å². The van der Waals surface area contributed by atoms with E-state index in [-0.39, 0.29) is 0 Å². The summed E-state index contributed by atoms with van der Waals surface area (Å²) < 4.78 is 36.5. The maximum absolute atomic E-state index is 11.9. The Labute approximate surface area is 85.9 Å².